The summed E-state index contributed by atoms with van der Waals surface area (Å²) in [5.41, 5.74) is 0. The summed E-state index contributed by atoms with van der Waals surface area (Å²) in [6.07, 6.45) is 6.22. The molecule has 2 N–H and O–H groups in total. The highest BCUT2D eigenvalue weighted by atomic mass is 32.1. The Morgan fingerprint density at radius 1 is 1.58 bits per heavy atom. The number of aromatic nitrogens is 1. The molecule has 2 bridgehead atoms. The molecule has 3 atom stereocenters. The number of guanidine groups is 1. The minimum Gasteiger partial charge on any atom is -0.373 e. The maximum Gasteiger partial charge on any atom is 0.191 e. The Hall–Kier alpha value is -1.14. The number of rotatable bonds is 3. The van der Waals surface area contributed by atoms with Gasteiger partial charge in [-0.05, 0) is 26.2 Å². The Kier molecular flexibility index (Phi) is 3.70. The van der Waals surface area contributed by atoms with Gasteiger partial charge in [-0.15, -0.1) is 11.3 Å². The highest BCUT2D eigenvalue weighted by molar-refractivity contribution is 7.11. The molecule has 0 aromatic carbocycles. The van der Waals surface area contributed by atoms with Gasteiger partial charge < -0.3 is 15.4 Å². The van der Waals surface area contributed by atoms with Crippen molar-refractivity contribution in [3.63, 3.8) is 0 Å². The number of thiazole rings is 1. The van der Waals surface area contributed by atoms with Crippen molar-refractivity contribution in [2.45, 2.75) is 51.0 Å². The van der Waals surface area contributed by atoms with E-state index in [1.807, 2.05) is 6.20 Å². The van der Waals surface area contributed by atoms with Crippen molar-refractivity contribution >= 4 is 17.3 Å². The molecule has 0 amide bonds. The second-order valence-corrected chi connectivity index (χ2v) is 6.47. The van der Waals surface area contributed by atoms with Crippen LogP contribution in [0.1, 0.15) is 29.1 Å². The van der Waals surface area contributed by atoms with E-state index in [0.717, 1.165) is 23.9 Å². The number of hydrogen-bond donors (Lipinski definition) is 2. The number of fused-ring (bicyclic) bond motifs is 2. The van der Waals surface area contributed by atoms with Gasteiger partial charge in [0.25, 0.3) is 0 Å². The summed E-state index contributed by atoms with van der Waals surface area (Å²) in [6, 6.07) is 0.406. The molecule has 2 aliphatic heterocycles. The van der Waals surface area contributed by atoms with Crippen LogP contribution in [0.4, 0.5) is 0 Å². The van der Waals surface area contributed by atoms with E-state index in [-0.39, 0.29) is 0 Å². The van der Waals surface area contributed by atoms with Gasteiger partial charge in [0.05, 0.1) is 24.8 Å². The molecular weight excluding hydrogens is 260 g/mol. The normalized spacial score (nSPS) is 29.8. The third-order valence-corrected chi connectivity index (χ3v) is 4.64. The molecule has 5 nitrogen and oxygen atoms in total. The van der Waals surface area contributed by atoms with E-state index in [1.54, 1.807) is 18.4 Å². The van der Waals surface area contributed by atoms with Gasteiger partial charge >= 0.3 is 0 Å². The van der Waals surface area contributed by atoms with Crippen molar-refractivity contribution in [2.24, 2.45) is 4.99 Å². The second kappa shape index (κ2) is 5.46. The number of nitrogens with zero attached hydrogens (tertiary/aromatic N) is 2. The molecule has 3 heterocycles. The Labute approximate surface area is 117 Å². The fraction of sp³-hybridized carbons (Fsp3) is 0.692. The monoisotopic (exact) mass is 280 g/mol. The minimum absolute atomic E-state index is 0.366. The number of aryl methyl sites for hydroxylation is 1. The predicted molar refractivity (Wildman–Crippen MR) is 76.5 cm³/mol. The van der Waals surface area contributed by atoms with Gasteiger partial charge in [-0.1, -0.05) is 0 Å². The minimum atomic E-state index is 0.366. The summed E-state index contributed by atoms with van der Waals surface area (Å²) in [5, 5.41) is 7.87. The second-order valence-electron chi connectivity index (χ2n) is 5.15. The summed E-state index contributed by atoms with van der Waals surface area (Å²) < 4.78 is 5.84. The highest BCUT2D eigenvalue weighted by Crippen LogP contribution is 2.34. The van der Waals surface area contributed by atoms with Crippen molar-refractivity contribution < 1.29 is 4.74 Å². The molecule has 0 radical (unpaired) electrons. The molecule has 2 saturated heterocycles. The Morgan fingerprint density at radius 3 is 3.05 bits per heavy atom. The van der Waals surface area contributed by atoms with E-state index in [4.69, 9.17) is 4.74 Å². The standard InChI is InChI=1S/C13H20N4OS/c1-8-6-15-12(19-8)7-16-13(14-2)17-10-5-9-3-4-11(10)18-9/h6,9-11H,3-5,7H2,1-2H3,(H2,14,16,17). The summed E-state index contributed by atoms with van der Waals surface area (Å²) in [6.45, 7) is 2.79. The summed E-state index contributed by atoms with van der Waals surface area (Å²) in [4.78, 5) is 9.85. The number of nitrogens with one attached hydrogen (secondary N) is 2. The number of aliphatic imine (C=N–C) groups is 1. The zero-order chi connectivity index (χ0) is 13.2. The first-order valence-corrected chi connectivity index (χ1v) is 7.60. The van der Waals surface area contributed by atoms with Crippen LogP contribution in [0.15, 0.2) is 11.2 Å². The van der Waals surface area contributed by atoms with Crippen LogP contribution in [-0.4, -0.2) is 36.2 Å². The Bertz CT molecular complexity index is 473. The summed E-state index contributed by atoms with van der Waals surface area (Å²) in [5.74, 6) is 0.842. The van der Waals surface area contributed by atoms with Crippen LogP contribution >= 0.6 is 11.3 Å². The van der Waals surface area contributed by atoms with Gasteiger partial charge in [0.1, 0.15) is 5.01 Å². The van der Waals surface area contributed by atoms with Gasteiger partial charge in [0.15, 0.2) is 5.96 Å². The van der Waals surface area contributed by atoms with E-state index >= 15 is 0 Å². The van der Waals surface area contributed by atoms with E-state index in [9.17, 15) is 0 Å². The lowest BCUT2D eigenvalue weighted by atomic mass is 9.96. The SMILES string of the molecule is CN=C(NCc1ncc(C)s1)NC1CC2CCC1O2. The molecule has 6 heteroatoms. The maximum atomic E-state index is 5.84. The highest BCUT2D eigenvalue weighted by Gasteiger charge is 2.41. The average molecular weight is 280 g/mol. The van der Waals surface area contributed by atoms with Crippen LogP contribution in [0.5, 0.6) is 0 Å². The molecule has 0 aliphatic carbocycles. The predicted octanol–water partition coefficient (Wildman–Crippen LogP) is 1.44. The molecule has 2 aliphatic rings. The first-order valence-electron chi connectivity index (χ1n) is 6.78. The fourth-order valence-corrected chi connectivity index (χ4v) is 3.53. The average Bonchev–Trinajstić information content (AvgIpc) is 3.11. The lowest BCUT2D eigenvalue weighted by molar-refractivity contribution is 0.0992. The molecule has 104 valence electrons. The summed E-state index contributed by atoms with van der Waals surface area (Å²) in [7, 11) is 1.80. The smallest absolute Gasteiger partial charge is 0.191 e. The zero-order valence-electron chi connectivity index (χ0n) is 11.3. The molecular formula is C13H20N4OS. The van der Waals surface area contributed by atoms with Gasteiger partial charge in [0, 0.05) is 18.1 Å². The van der Waals surface area contributed by atoms with E-state index in [0.29, 0.717) is 18.2 Å². The Balaban J connectivity index is 1.51. The van der Waals surface area contributed by atoms with Gasteiger partial charge in [0.2, 0.25) is 0 Å². The topological polar surface area (TPSA) is 58.5 Å². The Morgan fingerprint density at radius 2 is 2.47 bits per heavy atom. The van der Waals surface area contributed by atoms with Gasteiger partial charge in [-0.2, -0.15) is 0 Å². The van der Waals surface area contributed by atoms with Crippen molar-refractivity contribution in [1.29, 1.82) is 0 Å². The van der Waals surface area contributed by atoms with Gasteiger partial charge in [-0.25, -0.2) is 4.98 Å². The molecule has 0 saturated carbocycles. The lowest BCUT2D eigenvalue weighted by Crippen LogP contribution is -2.47. The van der Waals surface area contributed by atoms with Crippen molar-refractivity contribution in [3.05, 3.63) is 16.1 Å². The van der Waals surface area contributed by atoms with Crippen LogP contribution < -0.4 is 10.6 Å². The third-order valence-electron chi connectivity index (χ3n) is 3.73. The van der Waals surface area contributed by atoms with Crippen molar-refractivity contribution in [3.8, 4) is 0 Å². The quantitative estimate of drug-likeness (QED) is 0.650. The van der Waals surface area contributed by atoms with Crippen LogP contribution in [0.2, 0.25) is 0 Å². The largest absolute Gasteiger partial charge is 0.373 e. The summed E-state index contributed by atoms with van der Waals surface area (Å²) >= 11 is 1.71. The van der Waals surface area contributed by atoms with Crippen molar-refractivity contribution in [1.82, 2.24) is 15.6 Å². The molecule has 1 aromatic heterocycles. The van der Waals surface area contributed by atoms with Crippen LogP contribution in [0, 0.1) is 6.92 Å². The molecule has 3 unspecified atom stereocenters. The number of hydrogen-bond acceptors (Lipinski definition) is 4. The molecule has 3 rings (SSSR count). The first kappa shape index (κ1) is 12.9. The van der Waals surface area contributed by atoms with Gasteiger partial charge in [-0.3, -0.25) is 4.99 Å². The first-order chi connectivity index (χ1) is 9.24. The van der Waals surface area contributed by atoms with E-state index < -0.39 is 0 Å². The van der Waals surface area contributed by atoms with Crippen LogP contribution in [-0.2, 0) is 11.3 Å². The lowest BCUT2D eigenvalue weighted by Gasteiger charge is -2.22. The van der Waals surface area contributed by atoms with E-state index in [1.165, 1.54) is 17.7 Å². The van der Waals surface area contributed by atoms with Crippen LogP contribution in [0.25, 0.3) is 0 Å². The van der Waals surface area contributed by atoms with E-state index in [2.05, 4.69) is 27.5 Å². The molecule has 0 spiro atoms. The van der Waals surface area contributed by atoms with Crippen LogP contribution in [0.3, 0.4) is 0 Å². The number of ether oxygens (including phenoxy) is 1. The maximum absolute atomic E-state index is 5.84. The molecule has 19 heavy (non-hydrogen) atoms. The zero-order valence-corrected chi connectivity index (χ0v) is 12.2. The molecule has 1 aromatic rings. The third kappa shape index (κ3) is 2.90. The fourth-order valence-electron chi connectivity index (χ4n) is 2.80. The van der Waals surface area contributed by atoms with Crippen molar-refractivity contribution in [2.75, 3.05) is 7.05 Å². The molecule has 2 fully saturated rings.